The second-order valence-electron chi connectivity index (χ2n) is 5.25. The first kappa shape index (κ1) is 12.0. The summed E-state index contributed by atoms with van der Waals surface area (Å²) >= 11 is 0. The van der Waals surface area contributed by atoms with Crippen LogP contribution in [0.15, 0.2) is 0 Å². The Morgan fingerprint density at radius 2 is 1.43 bits per heavy atom. The van der Waals surface area contributed by atoms with Crippen molar-refractivity contribution < 1.29 is 0 Å². The molecule has 2 heteroatoms. The van der Waals surface area contributed by atoms with E-state index in [0.717, 1.165) is 18.0 Å². The average molecular weight is 198 g/mol. The molecule has 3 unspecified atom stereocenters. The Balaban J connectivity index is 2.75. The van der Waals surface area contributed by atoms with Gasteiger partial charge >= 0.3 is 0 Å². The second-order valence-corrected chi connectivity index (χ2v) is 5.25. The predicted molar refractivity (Wildman–Crippen MR) is 62.6 cm³/mol. The van der Waals surface area contributed by atoms with Crippen molar-refractivity contribution in [3.8, 4) is 0 Å². The van der Waals surface area contributed by atoms with Crippen LogP contribution in [0.4, 0.5) is 0 Å². The Kier molecular flexibility index (Phi) is 4.39. The van der Waals surface area contributed by atoms with Crippen LogP contribution in [0.5, 0.6) is 0 Å². The van der Waals surface area contributed by atoms with Gasteiger partial charge in [-0.25, -0.2) is 0 Å². The molecule has 1 saturated carbocycles. The molecule has 0 saturated heterocycles. The summed E-state index contributed by atoms with van der Waals surface area (Å²) in [7, 11) is 8.89. The van der Waals surface area contributed by atoms with Crippen LogP contribution < -0.4 is 0 Å². The van der Waals surface area contributed by atoms with Crippen molar-refractivity contribution in [2.75, 3.05) is 28.2 Å². The average Bonchev–Trinajstić information content (AvgIpc) is 2.26. The molecule has 0 amide bonds. The van der Waals surface area contributed by atoms with Gasteiger partial charge in [0.2, 0.25) is 0 Å². The smallest absolute Gasteiger partial charge is 0.0270 e. The van der Waals surface area contributed by atoms with Crippen molar-refractivity contribution in [1.82, 2.24) is 9.80 Å². The minimum Gasteiger partial charge on any atom is -0.305 e. The molecule has 1 rings (SSSR count). The van der Waals surface area contributed by atoms with Crippen molar-refractivity contribution in [2.45, 2.75) is 44.7 Å². The zero-order chi connectivity index (χ0) is 10.7. The highest BCUT2D eigenvalue weighted by Gasteiger charge is 2.31. The van der Waals surface area contributed by atoms with E-state index in [1.54, 1.807) is 0 Å². The van der Waals surface area contributed by atoms with Crippen LogP contribution in [-0.4, -0.2) is 50.1 Å². The Morgan fingerprint density at radius 3 is 1.93 bits per heavy atom. The number of hydrogen-bond acceptors (Lipinski definition) is 2. The summed E-state index contributed by atoms with van der Waals surface area (Å²) in [5.41, 5.74) is 0. The molecule has 0 radical (unpaired) electrons. The molecule has 2 nitrogen and oxygen atoms in total. The first-order valence-corrected chi connectivity index (χ1v) is 5.87. The van der Waals surface area contributed by atoms with Gasteiger partial charge in [-0.05, 0) is 47.0 Å². The number of likely N-dealkylation sites (N-methyl/N-ethyl adjacent to an activating group) is 2. The summed E-state index contributed by atoms with van der Waals surface area (Å²) in [6, 6.07) is 1.47. The maximum absolute atomic E-state index is 2.42. The molecular formula is C12H26N2. The van der Waals surface area contributed by atoms with Crippen molar-refractivity contribution in [1.29, 1.82) is 0 Å². The molecule has 1 fully saturated rings. The van der Waals surface area contributed by atoms with E-state index in [2.05, 4.69) is 44.9 Å². The molecule has 0 spiro atoms. The fraction of sp³-hybridized carbons (Fsp3) is 1.00. The van der Waals surface area contributed by atoms with E-state index in [4.69, 9.17) is 0 Å². The predicted octanol–water partition coefficient (Wildman–Crippen LogP) is 2.06. The van der Waals surface area contributed by atoms with Gasteiger partial charge in [-0.1, -0.05) is 19.8 Å². The maximum atomic E-state index is 2.42. The second kappa shape index (κ2) is 5.13. The molecule has 0 N–H and O–H groups in total. The summed E-state index contributed by atoms with van der Waals surface area (Å²) < 4.78 is 0. The lowest BCUT2D eigenvalue weighted by Crippen LogP contribution is -2.49. The number of hydrogen-bond donors (Lipinski definition) is 0. The topological polar surface area (TPSA) is 6.48 Å². The minimum atomic E-state index is 0.729. The molecule has 84 valence electrons. The van der Waals surface area contributed by atoms with Gasteiger partial charge in [0.1, 0.15) is 0 Å². The third-order valence-corrected chi connectivity index (χ3v) is 3.65. The van der Waals surface area contributed by atoms with Crippen LogP contribution in [0.2, 0.25) is 0 Å². The lowest BCUT2D eigenvalue weighted by atomic mass is 9.92. The van der Waals surface area contributed by atoms with E-state index in [1.807, 2.05) is 0 Å². The van der Waals surface area contributed by atoms with Gasteiger partial charge in [0.15, 0.2) is 0 Å². The first-order valence-electron chi connectivity index (χ1n) is 5.87. The zero-order valence-corrected chi connectivity index (χ0v) is 10.5. The first-order chi connectivity index (χ1) is 6.54. The molecular weight excluding hydrogens is 172 g/mol. The molecule has 0 aliphatic heterocycles. The van der Waals surface area contributed by atoms with Crippen molar-refractivity contribution in [3.05, 3.63) is 0 Å². The summed E-state index contributed by atoms with van der Waals surface area (Å²) in [6.07, 6.45) is 5.57. The van der Waals surface area contributed by atoms with Crippen LogP contribution in [0, 0.1) is 5.92 Å². The summed E-state index contributed by atoms with van der Waals surface area (Å²) in [5.74, 6) is 0.833. The Labute approximate surface area is 89.3 Å². The molecule has 1 aliphatic carbocycles. The van der Waals surface area contributed by atoms with Gasteiger partial charge in [0, 0.05) is 12.1 Å². The SMILES string of the molecule is CC1CCCCC(N(C)C)C1N(C)C. The largest absolute Gasteiger partial charge is 0.305 e. The Hall–Kier alpha value is -0.0800. The van der Waals surface area contributed by atoms with Crippen LogP contribution in [-0.2, 0) is 0 Å². The van der Waals surface area contributed by atoms with Gasteiger partial charge in [-0.15, -0.1) is 0 Å². The van der Waals surface area contributed by atoms with Crippen LogP contribution in [0.3, 0.4) is 0 Å². The quantitative estimate of drug-likeness (QED) is 0.627. The third kappa shape index (κ3) is 2.71. The van der Waals surface area contributed by atoms with Gasteiger partial charge in [0.05, 0.1) is 0 Å². The molecule has 14 heavy (non-hydrogen) atoms. The van der Waals surface area contributed by atoms with E-state index in [0.29, 0.717) is 0 Å². The highest BCUT2D eigenvalue weighted by molar-refractivity contribution is 4.88. The number of nitrogens with zero attached hydrogens (tertiary/aromatic N) is 2. The van der Waals surface area contributed by atoms with Gasteiger partial charge in [0.25, 0.3) is 0 Å². The Morgan fingerprint density at radius 1 is 0.857 bits per heavy atom. The van der Waals surface area contributed by atoms with Gasteiger partial charge < -0.3 is 9.80 Å². The normalized spacial score (nSPS) is 34.9. The van der Waals surface area contributed by atoms with Crippen LogP contribution >= 0.6 is 0 Å². The van der Waals surface area contributed by atoms with E-state index < -0.39 is 0 Å². The molecule has 3 atom stereocenters. The highest BCUT2D eigenvalue weighted by atomic mass is 15.2. The summed E-state index contributed by atoms with van der Waals surface area (Å²) in [5, 5.41) is 0. The molecule has 0 aromatic heterocycles. The lowest BCUT2D eigenvalue weighted by molar-refractivity contribution is 0.110. The van der Waals surface area contributed by atoms with Crippen molar-refractivity contribution >= 4 is 0 Å². The summed E-state index contributed by atoms with van der Waals surface area (Å²) in [4.78, 5) is 4.83. The standard InChI is InChI=1S/C12H26N2/c1-10-8-6-7-9-11(13(2)3)12(10)14(4)5/h10-12H,6-9H2,1-5H3. The number of rotatable bonds is 2. The van der Waals surface area contributed by atoms with E-state index in [1.165, 1.54) is 25.7 Å². The van der Waals surface area contributed by atoms with Crippen molar-refractivity contribution in [3.63, 3.8) is 0 Å². The highest BCUT2D eigenvalue weighted by Crippen LogP contribution is 2.28. The van der Waals surface area contributed by atoms with Gasteiger partial charge in [-0.2, -0.15) is 0 Å². The van der Waals surface area contributed by atoms with Crippen LogP contribution in [0.25, 0.3) is 0 Å². The van der Waals surface area contributed by atoms with Gasteiger partial charge in [-0.3, -0.25) is 0 Å². The lowest BCUT2D eigenvalue weighted by Gasteiger charge is -2.38. The van der Waals surface area contributed by atoms with Crippen LogP contribution in [0.1, 0.15) is 32.6 Å². The van der Waals surface area contributed by atoms with Crippen molar-refractivity contribution in [2.24, 2.45) is 5.92 Å². The monoisotopic (exact) mass is 198 g/mol. The zero-order valence-electron chi connectivity index (χ0n) is 10.5. The van der Waals surface area contributed by atoms with E-state index >= 15 is 0 Å². The molecule has 0 bridgehead atoms. The minimum absolute atomic E-state index is 0.729. The maximum Gasteiger partial charge on any atom is 0.0270 e. The molecule has 0 heterocycles. The fourth-order valence-corrected chi connectivity index (χ4v) is 2.96. The summed E-state index contributed by atoms with van der Waals surface area (Å²) in [6.45, 7) is 2.41. The fourth-order valence-electron chi connectivity index (χ4n) is 2.96. The molecule has 1 aliphatic rings. The Bertz CT molecular complexity index is 166. The third-order valence-electron chi connectivity index (χ3n) is 3.65. The van der Waals surface area contributed by atoms with E-state index in [-0.39, 0.29) is 0 Å². The molecule has 0 aromatic rings. The van der Waals surface area contributed by atoms with E-state index in [9.17, 15) is 0 Å². The molecule has 0 aromatic carbocycles.